The summed E-state index contributed by atoms with van der Waals surface area (Å²) in [7, 11) is 1.50. The SMILES string of the molecule is C#CCOc1c(I)cc(/C=C(\C#N)C(=O)Nc2ccc(OCc3ccccc3Cl)cc2)cc1OC. The third-order valence-electron chi connectivity index (χ3n) is 4.69. The summed E-state index contributed by atoms with van der Waals surface area (Å²) < 4.78 is 17.4. The van der Waals surface area contributed by atoms with Gasteiger partial charge in [-0.3, -0.25) is 4.79 Å². The number of nitrogens with one attached hydrogen (secondary N) is 1. The number of rotatable bonds is 9. The van der Waals surface area contributed by atoms with Crippen molar-refractivity contribution in [3.8, 4) is 35.7 Å². The lowest BCUT2D eigenvalue weighted by molar-refractivity contribution is -0.112. The number of hydrogen-bond acceptors (Lipinski definition) is 5. The van der Waals surface area contributed by atoms with Gasteiger partial charge in [0.25, 0.3) is 5.91 Å². The number of terminal acetylenes is 1. The Morgan fingerprint density at radius 2 is 1.91 bits per heavy atom. The smallest absolute Gasteiger partial charge is 0.266 e. The number of halogens is 2. The van der Waals surface area contributed by atoms with E-state index in [0.717, 1.165) is 9.13 Å². The van der Waals surface area contributed by atoms with Crippen molar-refractivity contribution in [1.82, 2.24) is 0 Å². The maximum absolute atomic E-state index is 12.7. The van der Waals surface area contributed by atoms with E-state index in [1.165, 1.54) is 13.2 Å². The molecule has 0 spiro atoms. The van der Waals surface area contributed by atoms with Crippen LogP contribution in [0, 0.1) is 27.2 Å². The topological polar surface area (TPSA) is 80.6 Å². The molecule has 1 amide bonds. The second-order valence-electron chi connectivity index (χ2n) is 7.06. The van der Waals surface area contributed by atoms with Crippen molar-refractivity contribution in [2.75, 3.05) is 19.0 Å². The summed E-state index contributed by atoms with van der Waals surface area (Å²) in [5.74, 6) is 3.43. The van der Waals surface area contributed by atoms with Crippen molar-refractivity contribution >= 4 is 51.9 Å². The van der Waals surface area contributed by atoms with Gasteiger partial charge in [-0.2, -0.15) is 5.26 Å². The molecule has 8 heteroatoms. The molecule has 0 aromatic heterocycles. The molecule has 176 valence electrons. The summed E-state index contributed by atoms with van der Waals surface area (Å²) in [6, 6.07) is 19.7. The first-order chi connectivity index (χ1) is 16.9. The van der Waals surface area contributed by atoms with E-state index in [1.54, 1.807) is 42.5 Å². The molecule has 0 radical (unpaired) electrons. The van der Waals surface area contributed by atoms with Crippen molar-refractivity contribution < 1.29 is 19.0 Å². The number of ether oxygens (including phenoxy) is 3. The van der Waals surface area contributed by atoms with Crippen molar-refractivity contribution in [2.24, 2.45) is 0 Å². The fourth-order valence-electron chi connectivity index (χ4n) is 3.00. The Bertz CT molecular complexity index is 1320. The molecular weight excluding hydrogens is 579 g/mol. The first-order valence-electron chi connectivity index (χ1n) is 10.3. The molecule has 0 atom stereocenters. The third kappa shape index (κ3) is 7.16. The second-order valence-corrected chi connectivity index (χ2v) is 8.62. The minimum absolute atomic E-state index is 0.0702. The monoisotopic (exact) mass is 598 g/mol. The molecule has 35 heavy (non-hydrogen) atoms. The van der Waals surface area contributed by atoms with Gasteiger partial charge < -0.3 is 19.5 Å². The average Bonchev–Trinajstić information content (AvgIpc) is 2.86. The number of nitriles is 1. The molecule has 0 aliphatic carbocycles. The van der Waals surface area contributed by atoms with Crippen LogP contribution in [0.25, 0.3) is 6.08 Å². The number of amides is 1. The Morgan fingerprint density at radius 1 is 1.17 bits per heavy atom. The normalized spacial score (nSPS) is 10.6. The van der Waals surface area contributed by atoms with E-state index in [0.29, 0.717) is 40.1 Å². The van der Waals surface area contributed by atoms with Crippen molar-refractivity contribution in [3.63, 3.8) is 0 Å². The highest BCUT2D eigenvalue weighted by Crippen LogP contribution is 2.34. The van der Waals surface area contributed by atoms with Gasteiger partial charge in [0.15, 0.2) is 11.5 Å². The molecule has 0 heterocycles. The van der Waals surface area contributed by atoms with E-state index in [1.807, 2.05) is 24.3 Å². The standard InChI is InChI=1S/C27H20ClIN2O4/c1-3-12-34-26-24(29)14-18(15-25(26)33-2)13-20(16-30)27(32)31-21-8-10-22(11-9-21)35-17-19-6-4-5-7-23(19)28/h1,4-11,13-15H,12,17H2,2H3,(H,31,32)/b20-13+. The summed E-state index contributed by atoms with van der Waals surface area (Å²) >= 11 is 8.23. The van der Waals surface area contributed by atoms with Crippen molar-refractivity contribution in [2.45, 2.75) is 6.61 Å². The number of hydrogen-bond donors (Lipinski definition) is 1. The first kappa shape index (κ1) is 26.0. The minimum Gasteiger partial charge on any atom is -0.493 e. The largest absolute Gasteiger partial charge is 0.493 e. The molecule has 0 aliphatic heterocycles. The highest BCUT2D eigenvalue weighted by atomic mass is 127. The van der Waals surface area contributed by atoms with Crippen LogP contribution in [-0.2, 0) is 11.4 Å². The molecule has 0 bridgehead atoms. The van der Waals surface area contributed by atoms with Gasteiger partial charge >= 0.3 is 0 Å². The zero-order chi connectivity index (χ0) is 25.2. The van der Waals surface area contributed by atoms with Crippen LogP contribution in [0.3, 0.4) is 0 Å². The first-order valence-corrected chi connectivity index (χ1v) is 11.7. The van der Waals surface area contributed by atoms with Crippen LogP contribution in [0.5, 0.6) is 17.2 Å². The van der Waals surface area contributed by atoms with Gasteiger partial charge in [0.05, 0.1) is 10.7 Å². The lowest BCUT2D eigenvalue weighted by Crippen LogP contribution is -2.13. The summed E-state index contributed by atoms with van der Waals surface area (Å²) in [6.45, 7) is 0.415. The van der Waals surface area contributed by atoms with Gasteiger partial charge in [0.2, 0.25) is 0 Å². The van der Waals surface area contributed by atoms with Crippen LogP contribution in [0.2, 0.25) is 5.02 Å². The highest BCUT2D eigenvalue weighted by Gasteiger charge is 2.14. The van der Waals surface area contributed by atoms with Gasteiger partial charge in [-0.15, -0.1) is 6.42 Å². The van der Waals surface area contributed by atoms with Crippen LogP contribution in [-0.4, -0.2) is 19.6 Å². The van der Waals surface area contributed by atoms with Crippen LogP contribution >= 0.6 is 34.2 Å². The molecule has 3 aromatic rings. The summed E-state index contributed by atoms with van der Waals surface area (Å²) in [4.78, 5) is 12.7. The Hall–Kier alpha value is -3.66. The van der Waals surface area contributed by atoms with Crippen LogP contribution < -0.4 is 19.5 Å². The molecule has 0 aliphatic rings. The van der Waals surface area contributed by atoms with Gasteiger partial charge in [-0.05, 0) is 76.7 Å². The quantitative estimate of drug-likeness (QED) is 0.140. The maximum atomic E-state index is 12.7. The van der Waals surface area contributed by atoms with Crippen molar-refractivity contribution in [1.29, 1.82) is 5.26 Å². The molecule has 0 fully saturated rings. The Morgan fingerprint density at radius 3 is 2.57 bits per heavy atom. The lowest BCUT2D eigenvalue weighted by Gasteiger charge is -2.12. The Kier molecular flexibility index (Phi) is 9.42. The molecular formula is C27H20ClIN2O4. The van der Waals surface area contributed by atoms with Crippen LogP contribution in [0.4, 0.5) is 5.69 Å². The van der Waals surface area contributed by atoms with E-state index in [-0.39, 0.29) is 12.2 Å². The fourth-order valence-corrected chi connectivity index (χ4v) is 3.97. The molecule has 1 N–H and O–H groups in total. The molecule has 0 saturated heterocycles. The average molecular weight is 599 g/mol. The number of carbonyl (C=O) groups is 1. The summed E-state index contributed by atoms with van der Waals surface area (Å²) in [5, 5.41) is 12.9. The number of carbonyl (C=O) groups excluding carboxylic acids is 1. The number of anilines is 1. The molecule has 3 rings (SSSR count). The van der Waals surface area contributed by atoms with E-state index in [4.69, 9.17) is 32.2 Å². The predicted octanol–water partition coefficient (Wildman–Crippen LogP) is 6.09. The fraction of sp³-hybridized carbons (Fsp3) is 0.111. The van der Waals surface area contributed by atoms with Crippen LogP contribution in [0.1, 0.15) is 11.1 Å². The predicted molar refractivity (Wildman–Crippen MR) is 144 cm³/mol. The third-order valence-corrected chi connectivity index (χ3v) is 5.86. The minimum atomic E-state index is -0.543. The van der Waals surface area contributed by atoms with E-state index < -0.39 is 5.91 Å². The molecule has 0 saturated carbocycles. The summed E-state index contributed by atoms with van der Waals surface area (Å²) in [5.41, 5.74) is 1.93. The maximum Gasteiger partial charge on any atom is 0.266 e. The molecule has 3 aromatic carbocycles. The number of methoxy groups -OCH3 is 1. The van der Waals surface area contributed by atoms with E-state index in [2.05, 4.69) is 33.8 Å². The molecule has 0 unspecified atom stereocenters. The van der Waals surface area contributed by atoms with Gasteiger partial charge in [-0.1, -0.05) is 35.7 Å². The number of benzene rings is 3. The zero-order valence-corrected chi connectivity index (χ0v) is 21.6. The van der Waals surface area contributed by atoms with Gasteiger partial charge in [-0.25, -0.2) is 0 Å². The Labute approximate surface area is 222 Å². The molecule has 6 nitrogen and oxygen atoms in total. The lowest BCUT2D eigenvalue weighted by atomic mass is 10.1. The van der Waals surface area contributed by atoms with E-state index in [9.17, 15) is 10.1 Å². The number of nitrogens with zero attached hydrogens (tertiary/aromatic N) is 1. The van der Waals surface area contributed by atoms with E-state index >= 15 is 0 Å². The zero-order valence-electron chi connectivity index (χ0n) is 18.7. The summed E-state index contributed by atoms with van der Waals surface area (Å²) in [6.07, 6.45) is 6.74. The Balaban J connectivity index is 1.69. The second kappa shape index (κ2) is 12.7. The van der Waals surface area contributed by atoms with Gasteiger partial charge in [0.1, 0.15) is 30.6 Å². The van der Waals surface area contributed by atoms with Gasteiger partial charge in [0, 0.05) is 16.3 Å². The highest BCUT2D eigenvalue weighted by molar-refractivity contribution is 14.1. The van der Waals surface area contributed by atoms with Crippen LogP contribution in [0.15, 0.2) is 66.2 Å². The van der Waals surface area contributed by atoms with Crippen molar-refractivity contribution in [3.05, 3.63) is 86.0 Å².